The van der Waals surface area contributed by atoms with Gasteiger partial charge in [0.2, 0.25) is 0 Å². The van der Waals surface area contributed by atoms with E-state index in [0.29, 0.717) is 10.0 Å². The van der Waals surface area contributed by atoms with Crippen molar-refractivity contribution in [1.82, 2.24) is 4.72 Å². The van der Waals surface area contributed by atoms with E-state index in [1.165, 1.54) is 19.2 Å². The van der Waals surface area contributed by atoms with Crippen LogP contribution in [0.5, 0.6) is 5.75 Å². The first kappa shape index (κ1) is 21.1. The normalized spacial score (nSPS) is 14.4. The maximum Gasteiger partial charge on any atom is 0.387 e. The Hall–Kier alpha value is -0.900. The molecule has 0 saturated carbocycles. The average Bonchev–Trinajstić information content (AvgIpc) is 2.43. The topological polar surface area (TPSA) is 70.6 Å². The Morgan fingerprint density at radius 3 is 2.50 bits per heavy atom. The van der Waals surface area contributed by atoms with Gasteiger partial charge in [0.1, 0.15) is 10.5 Å². The van der Waals surface area contributed by atoms with Crippen LogP contribution in [0.15, 0.2) is 22.7 Å². The molecule has 1 rings (SSSR count). The minimum atomic E-state index is -2.97. The zero-order valence-electron chi connectivity index (χ0n) is 13.8. The maximum atomic E-state index is 12.4. The van der Waals surface area contributed by atoms with Crippen LogP contribution in [0.25, 0.3) is 0 Å². The van der Waals surface area contributed by atoms with E-state index in [9.17, 15) is 18.1 Å². The second-order valence-corrected chi connectivity index (χ2v) is 8.84. The van der Waals surface area contributed by atoms with Crippen LogP contribution in [0.1, 0.15) is 38.8 Å². The smallest absolute Gasteiger partial charge is 0.387 e. The Kier molecular flexibility index (Phi) is 7.91. The Balaban J connectivity index is 3.13. The van der Waals surface area contributed by atoms with Crippen molar-refractivity contribution in [2.75, 3.05) is 7.11 Å². The van der Waals surface area contributed by atoms with E-state index in [-0.39, 0.29) is 12.2 Å². The average molecular weight is 428 g/mol. The molecule has 0 aromatic heterocycles. The van der Waals surface area contributed by atoms with Gasteiger partial charge >= 0.3 is 12.6 Å². The van der Waals surface area contributed by atoms with Crippen molar-refractivity contribution < 1.29 is 27.6 Å². The molecule has 2 atom stereocenters. The molecule has 0 heterocycles. The van der Waals surface area contributed by atoms with Gasteiger partial charge in [0.15, 0.2) is 0 Å². The van der Waals surface area contributed by atoms with Crippen LogP contribution in [0, 0.1) is 0 Å². The van der Waals surface area contributed by atoms with E-state index in [4.69, 9.17) is 0 Å². The molecular weight excluding hydrogens is 408 g/mol. The Bertz CT molecular complexity index is 569. The first-order chi connectivity index (χ1) is 11.0. The van der Waals surface area contributed by atoms with Crippen molar-refractivity contribution >= 4 is 33.3 Å². The highest BCUT2D eigenvalue weighted by Gasteiger charge is 2.31. The van der Waals surface area contributed by atoms with E-state index in [1.54, 1.807) is 26.8 Å². The number of alkyl halides is 2. The number of carbonyl (C=O) groups excluding carboxylic acids is 1. The summed E-state index contributed by atoms with van der Waals surface area (Å²) in [6.45, 7) is 2.36. The molecule has 1 N–H and O–H groups in total. The van der Waals surface area contributed by atoms with E-state index in [0.717, 1.165) is 0 Å². The van der Waals surface area contributed by atoms with Crippen molar-refractivity contribution in [2.24, 2.45) is 0 Å². The number of carbonyl (C=O) groups is 1. The van der Waals surface area contributed by atoms with Crippen LogP contribution in [0.2, 0.25) is 0 Å². The number of ether oxygens (including phenoxy) is 2. The zero-order valence-corrected chi connectivity index (χ0v) is 16.2. The largest absolute Gasteiger partial charge is 0.598 e. The number of methoxy groups -OCH3 is 1. The first-order valence-electron chi connectivity index (χ1n) is 7.03. The van der Waals surface area contributed by atoms with Crippen molar-refractivity contribution in [3.8, 4) is 5.75 Å². The number of esters is 1. The van der Waals surface area contributed by atoms with Crippen molar-refractivity contribution in [1.29, 1.82) is 0 Å². The van der Waals surface area contributed by atoms with Crippen LogP contribution in [-0.4, -0.2) is 29.0 Å². The summed E-state index contributed by atoms with van der Waals surface area (Å²) >= 11 is 1.74. The summed E-state index contributed by atoms with van der Waals surface area (Å²) in [5, 5.41) is 0. The molecule has 0 fully saturated rings. The summed E-state index contributed by atoms with van der Waals surface area (Å²) in [6, 6.07) is 3.71. The van der Waals surface area contributed by atoms with E-state index >= 15 is 0 Å². The molecule has 136 valence electrons. The lowest BCUT2D eigenvalue weighted by molar-refractivity contribution is -0.141. The molecule has 0 aliphatic carbocycles. The van der Waals surface area contributed by atoms with Gasteiger partial charge < -0.3 is 14.0 Å². The summed E-state index contributed by atoms with van der Waals surface area (Å²) in [7, 11) is 1.24. The molecule has 0 aliphatic heterocycles. The molecular formula is C15H20BrF2NO4S. The lowest BCUT2D eigenvalue weighted by Crippen LogP contribution is -2.41. The second-order valence-electron chi connectivity index (χ2n) is 5.93. The highest BCUT2D eigenvalue weighted by atomic mass is 79.9. The molecule has 1 aromatic rings. The lowest BCUT2D eigenvalue weighted by Gasteiger charge is -2.28. The number of hydrogen-bond donors (Lipinski definition) is 1. The number of nitrogens with one attached hydrogen (secondary N) is 1. The Morgan fingerprint density at radius 2 is 2.00 bits per heavy atom. The maximum absolute atomic E-state index is 12.4. The molecule has 0 radical (unpaired) electrons. The van der Waals surface area contributed by atoms with Gasteiger partial charge in [-0.2, -0.15) is 8.78 Å². The van der Waals surface area contributed by atoms with Crippen LogP contribution in [-0.2, 0) is 20.9 Å². The number of halogens is 3. The summed E-state index contributed by atoms with van der Waals surface area (Å²) in [5.74, 6) is -0.581. The predicted molar refractivity (Wildman–Crippen MR) is 91.2 cm³/mol. The molecule has 0 saturated heterocycles. The number of benzene rings is 1. The molecule has 0 bridgehead atoms. The second kappa shape index (κ2) is 8.98. The van der Waals surface area contributed by atoms with Gasteiger partial charge in [-0.25, -0.2) is 0 Å². The van der Waals surface area contributed by atoms with Gasteiger partial charge in [-0.3, -0.25) is 4.79 Å². The molecule has 0 aliphatic rings. The third-order valence-corrected chi connectivity index (χ3v) is 4.99. The van der Waals surface area contributed by atoms with Gasteiger partial charge in [0, 0.05) is 15.8 Å². The summed E-state index contributed by atoms with van der Waals surface area (Å²) in [5.41, 5.74) is 0.475. The molecule has 24 heavy (non-hydrogen) atoms. The van der Waals surface area contributed by atoms with Crippen LogP contribution in [0.4, 0.5) is 8.78 Å². The third kappa shape index (κ3) is 6.92. The molecule has 9 heteroatoms. The van der Waals surface area contributed by atoms with Crippen LogP contribution < -0.4 is 9.46 Å². The predicted octanol–water partition coefficient (Wildman–Crippen LogP) is 3.71. The molecule has 2 unspecified atom stereocenters. The van der Waals surface area contributed by atoms with E-state index < -0.39 is 34.7 Å². The van der Waals surface area contributed by atoms with Gasteiger partial charge in [0.05, 0.1) is 19.6 Å². The quantitative estimate of drug-likeness (QED) is 0.530. The highest BCUT2D eigenvalue weighted by Crippen LogP contribution is 2.30. The number of hydrogen-bond acceptors (Lipinski definition) is 5. The van der Waals surface area contributed by atoms with Crippen molar-refractivity contribution in [2.45, 2.75) is 44.6 Å². The highest BCUT2D eigenvalue weighted by molar-refractivity contribution is 9.10. The summed E-state index contributed by atoms with van der Waals surface area (Å²) < 4.78 is 49.1. The molecule has 1 aromatic carbocycles. The van der Waals surface area contributed by atoms with Gasteiger partial charge in [0.25, 0.3) is 0 Å². The fraction of sp³-hybridized carbons (Fsp3) is 0.533. The lowest BCUT2D eigenvalue weighted by atomic mass is 10.0. The Morgan fingerprint density at radius 1 is 1.38 bits per heavy atom. The summed E-state index contributed by atoms with van der Waals surface area (Å²) in [6.07, 6.45) is -0.108. The van der Waals surface area contributed by atoms with Crippen LogP contribution in [0.3, 0.4) is 0 Å². The van der Waals surface area contributed by atoms with Crippen molar-refractivity contribution in [3.63, 3.8) is 0 Å². The van der Waals surface area contributed by atoms with Gasteiger partial charge in [-0.05, 0) is 44.5 Å². The van der Waals surface area contributed by atoms with E-state index in [2.05, 4.69) is 30.1 Å². The third-order valence-electron chi connectivity index (χ3n) is 2.93. The fourth-order valence-corrected chi connectivity index (χ4v) is 3.06. The molecule has 0 spiro atoms. The zero-order chi connectivity index (χ0) is 18.5. The van der Waals surface area contributed by atoms with E-state index in [1.807, 2.05) is 0 Å². The standard InChI is InChI=1S/C15H20BrF2NO4S/c1-15(2,3)24(21)19-12(8-13(20)22-4)9-5-10(16)7-11(6-9)23-14(17)18/h5-7,12,14,19H,8H2,1-4H3. The van der Waals surface area contributed by atoms with Gasteiger partial charge in [-0.1, -0.05) is 15.9 Å². The number of rotatable bonds is 7. The Labute approximate surface area is 151 Å². The minimum Gasteiger partial charge on any atom is -0.598 e. The van der Waals surface area contributed by atoms with Crippen molar-refractivity contribution in [3.05, 3.63) is 28.2 Å². The van der Waals surface area contributed by atoms with Gasteiger partial charge in [-0.15, -0.1) is 4.72 Å². The van der Waals surface area contributed by atoms with Crippen LogP contribution >= 0.6 is 15.9 Å². The first-order valence-corrected chi connectivity index (χ1v) is 8.97. The summed E-state index contributed by atoms with van der Waals surface area (Å²) in [4.78, 5) is 11.7. The fourth-order valence-electron chi connectivity index (χ4n) is 1.74. The molecule has 5 nitrogen and oxygen atoms in total. The molecule has 0 amide bonds. The minimum absolute atomic E-state index is 0.0624. The monoisotopic (exact) mass is 427 g/mol. The SMILES string of the molecule is COC(=O)CC(N[S+]([O-])C(C)(C)C)c1cc(Br)cc(OC(F)F)c1.